The second-order valence-electron chi connectivity index (χ2n) is 9.03. The number of aliphatic imine (C=N–C) groups is 1. The van der Waals surface area contributed by atoms with E-state index in [-0.39, 0.29) is 5.69 Å². The monoisotopic (exact) mass is 419 g/mol. The minimum atomic E-state index is 0.0458. The van der Waals surface area contributed by atoms with Gasteiger partial charge in [-0.15, -0.1) is 0 Å². The first kappa shape index (κ1) is 22.8. The number of hydrogen-bond donors (Lipinski definition) is 2. The number of likely N-dealkylation sites (tertiary alicyclic amines) is 1. The molecule has 0 amide bonds. The van der Waals surface area contributed by atoms with Crippen LogP contribution in [0.2, 0.25) is 0 Å². The Labute approximate surface area is 181 Å². The number of aryl methyl sites for hydroxylation is 2. The van der Waals surface area contributed by atoms with Crippen molar-refractivity contribution in [2.45, 2.75) is 84.3 Å². The van der Waals surface area contributed by atoms with Gasteiger partial charge in [-0.2, -0.15) is 5.10 Å². The molecule has 0 radical (unpaired) electrons. The molecule has 0 spiro atoms. The van der Waals surface area contributed by atoms with E-state index in [2.05, 4.69) is 39.5 Å². The van der Waals surface area contributed by atoms with Crippen LogP contribution in [0.1, 0.15) is 64.6 Å². The molecule has 1 fully saturated rings. The molecule has 3 heterocycles. The Morgan fingerprint density at radius 1 is 1.07 bits per heavy atom. The molecule has 8 heteroatoms. The van der Waals surface area contributed by atoms with Gasteiger partial charge in [0.2, 0.25) is 0 Å². The van der Waals surface area contributed by atoms with Gasteiger partial charge in [-0.3, -0.25) is 14.5 Å². The van der Waals surface area contributed by atoms with E-state index in [0.717, 1.165) is 57.1 Å². The fourth-order valence-electron chi connectivity index (χ4n) is 4.66. The average molecular weight is 420 g/mol. The third kappa shape index (κ3) is 6.09. The summed E-state index contributed by atoms with van der Waals surface area (Å²) in [7, 11) is 1.82. The Hall–Kier alpha value is -1.83. The number of guanidine groups is 1. The Bertz CT molecular complexity index is 728. The lowest BCUT2D eigenvalue weighted by molar-refractivity contribution is 0.161. The zero-order valence-electron chi connectivity index (χ0n) is 19.2. The van der Waals surface area contributed by atoms with E-state index in [1.807, 2.05) is 11.6 Å². The van der Waals surface area contributed by atoms with Crippen LogP contribution in [0.4, 0.5) is 0 Å². The van der Waals surface area contributed by atoms with Crippen molar-refractivity contribution >= 4 is 5.96 Å². The maximum Gasteiger partial charge on any atom is 0.345 e. The van der Waals surface area contributed by atoms with Gasteiger partial charge in [0.05, 0.1) is 0 Å². The molecule has 2 aliphatic rings. The van der Waals surface area contributed by atoms with Crippen LogP contribution in [-0.4, -0.2) is 64.5 Å². The maximum atomic E-state index is 12.4. The standard InChI is InChI=1S/C22H41N7O/c1-18(2)19(27-13-7-4-5-8-14-27)17-25-21(23-3)24-12-10-16-29-22(30)28-15-9-6-11-20(28)26-29/h18-19H,4-17H2,1-3H3,(H2,23,24,25). The molecule has 8 nitrogen and oxygen atoms in total. The van der Waals surface area contributed by atoms with Gasteiger partial charge in [0.15, 0.2) is 5.96 Å². The van der Waals surface area contributed by atoms with Crippen molar-refractivity contribution in [1.82, 2.24) is 29.9 Å². The van der Waals surface area contributed by atoms with Crippen molar-refractivity contribution in [3.63, 3.8) is 0 Å². The number of fused-ring (bicyclic) bond motifs is 1. The minimum absolute atomic E-state index is 0.0458. The molecule has 0 aromatic carbocycles. The van der Waals surface area contributed by atoms with Gasteiger partial charge in [-0.05, 0) is 51.1 Å². The van der Waals surface area contributed by atoms with Gasteiger partial charge in [0.1, 0.15) is 5.82 Å². The highest BCUT2D eigenvalue weighted by atomic mass is 16.2. The molecule has 1 aromatic heterocycles. The maximum absolute atomic E-state index is 12.4. The molecule has 0 aliphatic carbocycles. The molecule has 1 unspecified atom stereocenters. The molecule has 1 saturated heterocycles. The van der Waals surface area contributed by atoms with Gasteiger partial charge >= 0.3 is 5.69 Å². The van der Waals surface area contributed by atoms with Gasteiger partial charge < -0.3 is 10.6 Å². The quantitative estimate of drug-likeness (QED) is 0.382. The second kappa shape index (κ2) is 11.5. The SMILES string of the molecule is CN=C(NCCCn1nc2n(c1=O)CCCC2)NCC(C(C)C)N1CCCCCC1. The summed E-state index contributed by atoms with van der Waals surface area (Å²) in [6.07, 6.45) is 9.33. The summed E-state index contributed by atoms with van der Waals surface area (Å²) in [5.74, 6) is 2.39. The molecule has 0 saturated carbocycles. The lowest BCUT2D eigenvalue weighted by Gasteiger charge is -2.34. The van der Waals surface area contributed by atoms with E-state index in [9.17, 15) is 4.79 Å². The average Bonchev–Trinajstić information content (AvgIpc) is 2.91. The number of hydrogen-bond acceptors (Lipinski definition) is 4. The smallest absolute Gasteiger partial charge is 0.345 e. The summed E-state index contributed by atoms with van der Waals surface area (Å²) in [5.41, 5.74) is 0.0458. The molecule has 2 aliphatic heterocycles. The van der Waals surface area contributed by atoms with E-state index in [0.29, 0.717) is 18.5 Å². The molecule has 2 N–H and O–H groups in total. The Morgan fingerprint density at radius 2 is 1.80 bits per heavy atom. The van der Waals surface area contributed by atoms with Crippen LogP contribution in [0.25, 0.3) is 0 Å². The minimum Gasteiger partial charge on any atom is -0.356 e. The molecule has 3 rings (SSSR count). The van der Waals surface area contributed by atoms with E-state index in [4.69, 9.17) is 0 Å². The summed E-state index contributed by atoms with van der Waals surface area (Å²) in [5, 5.41) is 11.4. The van der Waals surface area contributed by atoms with Crippen molar-refractivity contribution in [2.75, 3.05) is 33.2 Å². The van der Waals surface area contributed by atoms with Crippen molar-refractivity contribution in [1.29, 1.82) is 0 Å². The number of rotatable bonds is 8. The molecular formula is C22H41N7O. The van der Waals surface area contributed by atoms with Crippen molar-refractivity contribution < 1.29 is 0 Å². The third-order valence-electron chi connectivity index (χ3n) is 6.45. The summed E-state index contributed by atoms with van der Waals surface area (Å²) < 4.78 is 3.47. The van der Waals surface area contributed by atoms with Crippen LogP contribution in [0.3, 0.4) is 0 Å². The van der Waals surface area contributed by atoms with Gasteiger partial charge in [0.25, 0.3) is 0 Å². The molecule has 170 valence electrons. The molecule has 0 bridgehead atoms. The molecule has 30 heavy (non-hydrogen) atoms. The fraction of sp³-hybridized carbons (Fsp3) is 0.864. The zero-order valence-corrected chi connectivity index (χ0v) is 19.2. The highest BCUT2D eigenvalue weighted by Gasteiger charge is 2.23. The zero-order chi connectivity index (χ0) is 21.3. The molecular weight excluding hydrogens is 378 g/mol. The topological polar surface area (TPSA) is 79.5 Å². The van der Waals surface area contributed by atoms with Gasteiger partial charge in [-0.25, -0.2) is 9.48 Å². The normalized spacial score (nSPS) is 19.4. The van der Waals surface area contributed by atoms with E-state index in [1.54, 1.807) is 4.68 Å². The number of nitrogens with one attached hydrogen (secondary N) is 2. The summed E-state index contributed by atoms with van der Waals surface area (Å²) in [6.45, 7) is 10.2. The van der Waals surface area contributed by atoms with Gasteiger partial charge in [0, 0.05) is 45.7 Å². The predicted octanol–water partition coefficient (Wildman–Crippen LogP) is 1.84. The van der Waals surface area contributed by atoms with Crippen molar-refractivity contribution in [3.8, 4) is 0 Å². The first-order valence-electron chi connectivity index (χ1n) is 11.9. The van der Waals surface area contributed by atoms with Crippen LogP contribution >= 0.6 is 0 Å². The largest absolute Gasteiger partial charge is 0.356 e. The van der Waals surface area contributed by atoms with Crippen LogP contribution < -0.4 is 16.3 Å². The van der Waals surface area contributed by atoms with Crippen LogP contribution in [0, 0.1) is 5.92 Å². The highest BCUT2D eigenvalue weighted by Crippen LogP contribution is 2.17. The third-order valence-corrected chi connectivity index (χ3v) is 6.45. The predicted molar refractivity (Wildman–Crippen MR) is 122 cm³/mol. The van der Waals surface area contributed by atoms with Crippen LogP contribution in [0.5, 0.6) is 0 Å². The van der Waals surface area contributed by atoms with E-state index < -0.39 is 0 Å². The van der Waals surface area contributed by atoms with E-state index in [1.165, 1.54) is 38.8 Å². The Kier molecular flexibility index (Phi) is 8.78. The van der Waals surface area contributed by atoms with Crippen LogP contribution in [-0.2, 0) is 19.5 Å². The lowest BCUT2D eigenvalue weighted by atomic mass is 10.0. The van der Waals surface area contributed by atoms with E-state index >= 15 is 0 Å². The van der Waals surface area contributed by atoms with Crippen LogP contribution in [0.15, 0.2) is 9.79 Å². The second-order valence-corrected chi connectivity index (χ2v) is 9.03. The Morgan fingerprint density at radius 3 is 2.47 bits per heavy atom. The summed E-state index contributed by atoms with van der Waals surface area (Å²) in [6, 6.07) is 0.525. The lowest BCUT2D eigenvalue weighted by Crippen LogP contribution is -2.49. The molecule has 1 aromatic rings. The highest BCUT2D eigenvalue weighted by molar-refractivity contribution is 5.79. The fourth-order valence-corrected chi connectivity index (χ4v) is 4.66. The Balaban J connectivity index is 1.43. The van der Waals surface area contributed by atoms with Gasteiger partial charge in [-0.1, -0.05) is 26.7 Å². The summed E-state index contributed by atoms with van der Waals surface area (Å²) >= 11 is 0. The number of nitrogens with zero attached hydrogens (tertiary/aromatic N) is 5. The summed E-state index contributed by atoms with van der Waals surface area (Å²) in [4.78, 5) is 19.5. The first-order valence-corrected chi connectivity index (χ1v) is 11.9. The van der Waals surface area contributed by atoms with Crippen molar-refractivity contribution in [2.24, 2.45) is 10.9 Å². The first-order chi connectivity index (χ1) is 14.6. The molecule has 1 atom stereocenters. The number of aromatic nitrogens is 3. The van der Waals surface area contributed by atoms with Crippen molar-refractivity contribution in [3.05, 3.63) is 16.3 Å².